The number of hydrogen-bond acceptors (Lipinski definition) is 3. The maximum atomic E-state index is 12.1. The molecule has 0 fully saturated rings. The molecule has 2 unspecified atom stereocenters. The average Bonchev–Trinajstić information content (AvgIpc) is 2.88. The highest BCUT2D eigenvalue weighted by molar-refractivity contribution is 5.95. The molecular weight excluding hydrogens is 258 g/mol. The Morgan fingerprint density at radius 1 is 1.35 bits per heavy atom. The van der Waals surface area contributed by atoms with Crippen LogP contribution in [0.2, 0.25) is 0 Å². The van der Waals surface area contributed by atoms with Crippen molar-refractivity contribution in [1.82, 2.24) is 5.32 Å². The van der Waals surface area contributed by atoms with Crippen molar-refractivity contribution < 1.29 is 19.4 Å². The predicted molar refractivity (Wildman–Crippen MR) is 73.9 cm³/mol. The van der Waals surface area contributed by atoms with E-state index in [0.29, 0.717) is 17.7 Å². The van der Waals surface area contributed by atoms with E-state index in [1.54, 1.807) is 31.4 Å². The molecule has 0 aromatic heterocycles. The van der Waals surface area contributed by atoms with Crippen molar-refractivity contribution in [2.75, 3.05) is 7.11 Å². The van der Waals surface area contributed by atoms with Gasteiger partial charge in [-0.25, -0.2) is 0 Å². The second kappa shape index (κ2) is 5.77. The summed E-state index contributed by atoms with van der Waals surface area (Å²) in [6.45, 7) is 1.90. The molecule has 0 spiro atoms. The lowest BCUT2D eigenvalue weighted by Crippen LogP contribution is -2.33. The van der Waals surface area contributed by atoms with Gasteiger partial charge in [-0.05, 0) is 31.0 Å². The third kappa shape index (κ3) is 2.99. The molecule has 1 aromatic carbocycles. The fourth-order valence-corrected chi connectivity index (χ4v) is 2.20. The summed E-state index contributed by atoms with van der Waals surface area (Å²) in [5, 5.41) is 11.7. The van der Waals surface area contributed by atoms with E-state index in [4.69, 9.17) is 9.84 Å². The second-order valence-electron chi connectivity index (χ2n) is 4.83. The lowest BCUT2D eigenvalue weighted by Gasteiger charge is -2.13. The number of hydrogen-bond donors (Lipinski definition) is 2. The van der Waals surface area contributed by atoms with Crippen molar-refractivity contribution in [3.63, 3.8) is 0 Å². The number of amides is 1. The first-order valence-corrected chi connectivity index (χ1v) is 6.38. The molecular formula is C15H17NO4. The minimum Gasteiger partial charge on any atom is -0.496 e. The first-order chi connectivity index (χ1) is 9.51. The van der Waals surface area contributed by atoms with Crippen LogP contribution in [0, 0.1) is 12.8 Å². The molecule has 0 heterocycles. The van der Waals surface area contributed by atoms with Gasteiger partial charge in [-0.1, -0.05) is 18.2 Å². The predicted octanol–water partition coefficient (Wildman–Crippen LogP) is 1.76. The molecule has 0 saturated heterocycles. The molecule has 5 nitrogen and oxygen atoms in total. The van der Waals surface area contributed by atoms with Gasteiger partial charge in [-0.15, -0.1) is 0 Å². The number of methoxy groups -OCH3 is 1. The summed E-state index contributed by atoms with van der Waals surface area (Å²) < 4.78 is 5.18. The zero-order chi connectivity index (χ0) is 14.7. The van der Waals surface area contributed by atoms with Gasteiger partial charge >= 0.3 is 5.97 Å². The number of carboxylic acid groups (broad SMARTS) is 1. The van der Waals surface area contributed by atoms with Gasteiger partial charge in [0.25, 0.3) is 5.91 Å². The second-order valence-corrected chi connectivity index (χ2v) is 4.83. The molecule has 20 heavy (non-hydrogen) atoms. The largest absolute Gasteiger partial charge is 0.496 e. The average molecular weight is 275 g/mol. The molecule has 0 bridgehead atoms. The Balaban J connectivity index is 2.03. The summed E-state index contributed by atoms with van der Waals surface area (Å²) in [6, 6.07) is 4.98. The van der Waals surface area contributed by atoms with Gasteiger partial charge in [0.15, 0.2) is 0 Å². The van der Waals surface area contributed by atoms with Gasteiger partial charge in [0.1, 0.15) is 5.75 Å². The highest BCUT2D eigenvalue weighted by Crippen LogP contribution is 2.21. The summed E-state index contributed by atoms with van der Waals surface area (Å²) in [5.41, 5.74) is 1.45. The van der Waals surface area contributed by atoms with E-state index in [-0.39, 0.29) is 11.9 Å². The third-order valence-corrected chi connectivity index (χ3v) is 3.39. The van der Waals surface area contributed by atoms with Crippen molar-refractivity contribution in [3.05, 3.63) is 41.5 Å². The standard InChI is InChI=1S/C15H17NO4/c1-9-3-4-10(8-13(9)20-2)14(17)16-12-6-5-11(7-12)15(18)19/h3-6,8,11-12H,7H2,1-2H3,(H,16,17)(H,18,19). The highest BCUT2D eigenvalue weighted by atomic mass is 16.5. The molecule has 2 rings (SSSR count). The molecule has 1 aliphatic rings. The first kappa shape index (κ1) is 14.1. The number of ether oxygens (including phenoxy) is 1. The molecule has 2 N–H and O–H groups in total. The number of rotatable bonds is 4. The van der Waals surface area contributed by atoms with Gasteiger partial charge in [0.2, 0.25) is 0 Å². The molecule has 2 atom stereocenters. The lowest BCUT2D eigenvalue weighted by molar-refractivity contribution is -0.140. The first-order valence-electron chi connectivity index (χ1n) is 6.38. The molecule has 0 aliphatic heterocycles. The number of benzene rings is 1. The molecule has 0 saturated carbocycles. The zero-order valence-electron chi connectivity index (χ0n) is 11.4. The lowest BCUT2D eigenvalue weighted by atomic mass is 10.1. The monoisotopic (exact) mass is 275 g/mol. The highest BCUT2D eigenvalue weighted by Gasteiger charge is 2.25. The van der Waals surface area contributed by atoms with E-state index in [2.05, 4.69) is 5.32 Å². The van der Waals surface area contributed by atoms with Crippen LogP contribution in [0.25, 0.3) is 0 Å². The van der Waals surface area contributed by atoms with Gasteiger partial charge in [-0.3, -0.25) is 9.59 Å². The van der Waals surface area contributed by atoms with Gasteiger partial charge < -0.3 is 15.2 Å². The van der Waals surface area contributed by atoms with Crippen LogP contribution >= 0.6 is 0 Å². The van der Waals surface area contributed by atoms with Crippen molar-refractivity contribution in [1.29, 1.82) is 0 Å². The summed E-state index contributed by atoms with van der Waals surface area (Å²) in [5.74, 6) is -0.963. The van der Waals surface area contributed by atoms with Gasteiger partial charge in [-0.2, -0.15) is 0 Å². The number of aliphatic carboxylic acids is 1. The quantitative estimate of drug-likeness (QED) is 0.821. The van der Waals surface area contributed by atoms with Crippen molar-refractivity contribution in [3.8, 4) is 5.75 Å². The number of aryl methyl sites for hydroxylation is 1. The molecule has 5 heteroatoms. The number of carbonyl (C=O) groups is 2. The Morgan fingerprint density at radius 3 is 2.70 bits per heavy atom. The molecule has 1 aromatic rings. The maximum Gasteiger partial charge on any atom is 0.310 e. The third-order valence-electron chi connectivity index (χ3n) is 3.39. The molecule has 106 valence electrons. The smallest absolute Gasteiger partial charge is 0.310 e. The Hall–Kier alpha value is -2.30. The normalized spacial score (nSPS) is 20.7. The van der Waals surface area contributed by atoms with E-state index in [0.717, 1.165) is 5.56 Å². The summed E-state index contributed by atoms with van der Waals surface area (Å²) >= 11 is 0. The van der Waals surface area contributed by atoms with Crippen LogP contribution in [-0.2, 0) is 4.79 Å². The van der Waals surface area contributed by atoms with Crippen molar-refractivity contribution >= 4 is 11.9 Å². The molecule has 1 amide bonds. The van der Waals surface area contributed by atoms with Crippen molar-refractivity contribution in [2.24, 2.45) is 5.92 Å². The van der Waals surface area contributed by atoms with E-state index in [1.165, 1.54) is 0 Å². The topological polar surface area (TPSA) is 75.6 Å². The number of nitrogens with one attached hydrogen (secondary N) is 1. The van der Waals surface area contributed by atoms with E-state index >= 15 is 0 Å². The maximum absolute atomic E-state index is 12.1. The van der Waals surface area contributed by atoms with E-state index in [1.807, 2.05) is 13.0 Å². The SMILES string of the molecule is COc1cc(C(=O)NC2C=CC(C(=O)O)C2)ccc1C. The summed E-state index contributed by atoms with van der Waals surface area (Å²) in [7, 11) is 1.56. The van der Waals surface area contributed by atoms with Crippen molar-refractivity contribution in [2.45, 2.75) is 19.4 Å². The van der Waals surface area contributed by atoms with Crippen LogP contribution in [0.4, 0.5) is 0 Å². The minimum atomic E-state index is -0.866. The Kier molecular flexibility index (Phi) is 4.08. The van der Waals surface area contributed by atoms with Gasteiger partial charge in [0.05, 0.1) is 13.0 Å². The zero-order valence-corrected chi connectivity index (χ0v) is 11.4. The van der Waals surface area contributed by atoms with Crippen LogP contribution < -0.4 is 10.1 Å². The Morgan fingerprint density at radius 2 is 2.10 bits per heavy atom. The van der Waals surface area contributed by atoms with Crippen LogP contribution in [0.15, 0.2) is 30.4 Å². The van der Waals surface area contributed by atoms with Gasteiger partial charge in [0, 0.05) is 11.6 Å². The van der Waals surface area contributed by atoms with Crippen LogP contribution in [-0.4, -0.2) is 30.1 Å². The van der Waals surface area contributed by atoms with E-state index in [9.17, 15) is 9.59 Å². The summed E-state index contributed by atoms with van der Waals surface area (Å²) in [4.78, 5) is 23.0. The Bertz CT molecular complexity index is 565. The fourth-order valence-electron chi connectivity index (χ4n) is 2.20. The van der Waals surface area contributed by atoms with Crippen LogP contribution in [0.1, 0.15) is 22.3 Å². The van der Waals surface area contributed by atoms with E-state index < -0.39 is 11.9 Å². The van der Waals surface area contributed by atoms with Crippen LogP contribution in [0.3, 0.4) is 0 Å². The number of carbonyl (C=O) groups excluding carboxylic acids is 1. The summed E-state index contributed by atoms with van der Waals surface area (Å²) in [6.07, 6.45) is 3.73. The van der Waals surface area contributed by atoms with Crippen LogP contribution in [0.5, 0.6) is 5.75 Å². The minimum absolute atomic E-state index is 0.232. The Labute approximate surface area is 117 Å². The molecule has 0 radical (unpaired) electrons. The molecule has 1 aliphatic carbocycles. The number of carboxylic acids is 1. The fraction of sp³-hybridized carbons (Fsp3) is 0.333.